The van der Waals surface area contributed by atoms with Crippen LogP contribution in [0.4, 0.5) is 5.82 Å². The first-order chi connectivity index (χ1) is 10.1. The third kappa shape index (κ3) is 2.53. The van der Waals surface area contributed by atoms with Crippen molar-refractivity contribution in [3.05, 3.63) is 48.0 Å². The number of nitrogens with zero attached hydrogens (tertiary/aromatic N) is 4. The summed E-state index contributed by atoms with van der Waals surface area (Å²) < 4.78 is 1.76. The van der Waals surface area contributed by atoms with E-state index in [1.54, 1.807) is 17.0 Å². The Hall–Kier alpha value is -2.96. The quantitative estimate of drug-likeness (QED) is 0.756. The molecule has 7 heteroatoms. The largest absolute Gasteiger partial charge is 0.478 e. The molecule has 0 unspecified atom stereocenters. The van der Waals surface area contributed by atoms with Crippen LogP contribution in [0.15, 0.2) is 36.7 Å². The molecule has 0 saturated heterocycles. The molecule has 106 valence electrons. The van der Waals surface area contributed by atoms with Crippen molar-refractivity contribution < 1.29 is 9.90 Å². The lowest BCUT2D eigenvalue weighted by molar-refractivity contribution is 0.0697. The van der Waals surface area contributed by atoms with Gasteiger partial charge in [-0.15, -0.1) is 10.2 Å². The van der Waals surface area contributed by atoms with Crippen molar-refractivity contribution in [3.63, 3.8) is 0 Å². The molecule has 21 heavy (non-hydrogen) atoms. The van der Waals surface area contributed by atoms with Gasteiger partial charge in [0.05, 0.1) is 12.1 Å². The van der Waals surface area contributed by atoms with E-state index in [4.69, 9.17) is 0 Å². The molecule has 7 nitrogen and oxygen atoms in total. The Labute approximate surface area is 120 Å². The molecule has 3 aromatic rings. The molecule has 2 N–H and O–H groups in total. The topological polar surface area (TPSA) is 92.9 Å². The molecule has 0 fully saturated rings. The SMILES string of the molecule is Cn1cnnc1CNc1nc2ccccc2cc1C(=O)O. The standard InChI is InChI=1S/C14H13N5O2/c1-19-8-16-18-12(19)7-15-13-10(14(20)21)6-9-4-2-3-5-11(9)17-13/h2-6,8H,7H2,1H3,(H,15,17)(H,20,21). The fourth-order valence-corrected chi connectivity index (χ4v) is 2.04. The Morgan fingerprint density at radius 3 is 2.90 bits per heavy atom. The van der Waals surface area contributed by atoms with Gasteiger partial charge in [-0.25, -0.2) is 9.78 Å². The number of carboxylic acid groups (broad SMARTS) is 1. The first-order valence-corrected chi connectivity index (χ1v) is 6.35. The average molecular weight is 283 g/mol. The summed E-state index contributed by atoms with van der Waals surface area (Å²) in [7, 11) is 1.82. The van der Waals surface area contributed by atoms with Crippen molar-refractivity contribution in [1.29, 1.82) is 0 Å². The van der Waals surface area contributed by atoms with Crippen molar-refractivity contribution >= 4 is 22.7 Å². The lowest BCUT2D eigenvalue weighted by Gasteiger charge is -2.09. The number of hydrogen-bond acceptors (Lipinski definition) is 5. The van der Waals surface area contributed by atoms with Gasteiger partial charge in [0.25, 0.3) is 0 Å². The fourth-order valence-electron chi connectivity index (χ4n) is 2.04. The van der Waals surface area contributed by atoms with Crippen molar-refractivity contribution in [2.45, 2.75) is 6.54 Å². The molecule has 0 radical (unpaired) electrons. The summed E-state index contributed by atoms with van der Waals surface area (Å²) in [5.41, 5.74) is 0.874. The highest BCUT2D eigenvalue weighted by molar-refractivity contribution is 5.98. The number of anilines is 1. The van der Waals surface area contributed by atoms with Gasteiger partial charge in [-0.2, -0.15) is 0 Å². The Morgan fingerprint density at radius 2 is 2.19 bits per heavy atom. The number of nitrogens with one attached hydrogen (secondary N) is 1. The van der Waals surface area contributed by atoms with E-state index in [0.717, 1.165) is 10.9 Å². The van der Waals surface area contributed by atoms with Crippen LogP contribution in [0.5, 0.6) is 0 Å². The molecule has 0 amide bonds. The normalized spacial score (nSPS) is 10.7. The Morgan fingerprint density at radius 1 is 1.38 bits per heavy atom. The van der Waals surface area contributed by atoms with E-state index in [9.17, 15) is 9.90 Å². The highest BCUT2D eigenvalue weighted by Gasteiger charge is 2.13. The minimum absolute atomic E-state index is 0.135. The second kappa shape index (κ2) is 5.20. The van der Waals surface area contributed by atoms with Gasteiger partial charge in [0.15, 0.2) is 5.82 Å². The van der Waals surface area contributed by atoms with Crippen molar-refractivity contribution in [3.8, 4) is 0 Å². The average Bonchev–Trinajstić information content (AvgIpc) is 2.89. The van der Waals surface area contributed by atoms with E-state index in [2.05, 4.69) is 20.5 Å². The molecule has 0 saturated carbocycles. The van der Waals surface area contributed by atoms with E-state index >= 15 is 0 Å². The number of fused-ring (bicyclic) bond motifs is 1. The fraction of sp³-hybridized carbons (Fsp3) is 0.143. The zero-order valence-electron chi connectivity index (χ0n) is 11.3. The minimum Gasteiger partial charge on any atom is -0.478 e. The zero-order chi connectivity index (χ0) is 14.8. The predicted octanol–water partition coefficient (Wildman–Crippen LogP) is 1.67. The minimum atomic E-state index is -1.02. The summed E-state index contributed by atoms with van der Waals surface area (Å²) in [6.45, 7) is 0.349. The molecule has 0 aliphatic carbocycles. The van der Waals surface area contributed by atoms with Crippen molar-refractivity contribution in [1.82, 2.24) is 19.7 Å². The molecule has 0 bridgehead atoms. The van der Waals surface area contributed by atoms with Crippen LogP contribution in [0.25, 0.3) is 10.9 Å². The molecule has 0 aliphatic heterocycles. The third-order valence-electron chi connectivity index (χ3n) is 3.17. The van der Waals surface area contributed by atoms with E-state index in [1.165, 1.54) is 0 Å². The van der Waals surface area contributed by atoms with Gasteiger partial charge in [-0.1, -0.05) is 18.2 Å². The highest BCUT2D eigenvalue weighted by atomic mass is 16.4. The number of rotatable bonds is 4. The second-order valence-corrected chi connectivity index (χ2v) is 4.59. The van der Waals surface area contributed by atoms with Crippen LogP contribution >= 0.6 is 0 Å². The summed E-state index contributed by atoms with van der Waals surface area (Å²) in [6, 6.07) is 9.00. The second-order valence-electron chi connectivity index (χ2n) is 4.59. The van der Waals surface area contributed by atoms with Crippen LogP contribution in [-0.2, 0) is 13.6 Å². The monoisotopic (exact) mass is 283 g/mol. The molecular weight excluding hydrogens is 270 g/mol. The van der Waals surface area contributed by atoms with Gasteiger partial charge >= 0.3 is 5.97 Å². The maximum atomic E-state index is 11.4. The number of benzene rings is 1. The molecule has 2 heterocycles. The lowest BCUT2D eigenvalue weighted by atomic mass is 10.1. The predicted molar refractivity (Wildman–Crippen MR) is 77.0 cm³/mol. The summed E-state index contributed by atoms with van der Waals surface area (Å²) in [5.74, 6) is -0.000726. The van der Waals surface area contributed by atoms with E-state index in [0.29, 0.717) is 18.2 Å². The van der Waals surface area contributed by atoms with E-state index in [-0.39, 0.29) is 5.56 Å². The number of aromatic carboxylic acids is 1. The number of para-hydroxylation sites is 1. The van der Waals surface area contributed by atoms with Gasteiger partial charge in [-0.05, 0) is 12.1 Å². The van der Waals surface area contributed by atoms with Crippen LogP contribution in [0.1, 0.15) is 16.2 Å². The lowest BCUT2D eigenvalue weighted by Crippen LogP contribution is -2.11. The summed E-state index contributed by atoms with van der Waals surface area (Å²) in [4.78, 5) is 15.8. The van der Waals surface area contributed by atoms with E-state index in [1.807, 2.05) is 31.3 Å². The first kappa shape index (κ1) is 13.0. The molecule has 3 rings (SSSR count). The maximum Gasteiger partial charge on any atom is 0.339 e. The summed E-state index contributed by atoms with van der Waals surface area (Å²) >= 11 is 0. The van der Waals surface area contributed by atoms with Gasteiger partial charge in [0.1, 0.15) is 17.7 Å². The van der Waals surface area contributed by atoms with Gasteiger partial charge < -0.3 is 15.0 Å². The smallest absolute Gasteiger partial charge is 0.339 e. The number of pyridine rings is 1. The van der Waals surface area contributed by atoms with Crippen LogP contribution in [0.3, 0.4) is 0 Å². The number of aromatic nitrogens is 4. The molecule has 2 aromatic heterocycles. The number of aryl methyl sites for hydroxylation is 1. The van der Waals surface area contributed by atoms with Crippen LogP contribution in [-0.4, -0.2) is 30.8 Å². The Bertz CT molecular complexity index is 812. The number of hydrogen-bond donors (Lipinski definition) is 2. The van der Waals surface area contributed by atoms with Crippen LogP contribution < -0.4 is 5.32 Å². The van der Waals surface area contributed by atoms with E-state index < -0.39 is 5.97 Å². The maximum absolute atomic E-state index is 11.4. The zero-order valence-corrected chi connectivity index (χ0v) is 11.3. The summed E-state index contributed by atoms with van der Waals surface area (Å²) in [5, 5.41) is 20.8. The molecular formula is C14H13N5O2. The Balaban J connectivity index is 1.97. The van der Waals surface area contributed by atoms with Crippen LogP contribution in [0, 0.1) is 0 Å². The van der Waals surface area contributed by atoms with Crippen molar-refractivity contribution in [2.75, 3.05) is 5.32 Å². The molecule has 0 spiro atoms. The Kier molecular flexibility index (Phi) is 3.23. The number of carboxylic acids is 1. The molecule has 0 atom stereocenters. The highest BCUT2D eigenvalue weighted by Crippen LogP contribution is 2.20. The number of carbonyl (C=O) groups is 1. The first-order valence-electron chi connectivity index (χ1n) is 6.35. The van der Waals surface area contributed by atoms with Gasteiger partial charge in [0, 0.05) is 12.4 Å². The third-order valence-corrected chi connectivity index (χ3v) is 3.17. The van der Waals surface area contributed by atoms with Crippen molar-refractivity contribution in [2.24, 2.45) is 7.05 Å². The molecule has 0 aliphatic rings. The van der Waals surface area contributed by atoms with Gasteiger partial charge in [0.2, 0.25) is 0 Å². The van der Waals surface area contributed by atoms with Crippen LogP contribution in [0.2, 0.25) is 0 Å². The van der Waals surface area contributed by atoms with Gasteiger partial charge in [-0.3, -0.25) is 0 Å². The summed E-state index contributed by atoms with van der Waals surface area (Å²) in [6.07, 6.45) is 1.59. The molecule has 1 aromatic carbocycles.